The Morgan fingerprint density at radius 1 is 0.732 bits per heavy atom. The number of phosphoric acid groups is 3. The molecule has 0 saturated carbocycles. The Morgan fingerprint density at radius 3 is 1.50 bits per heavy atom. The molecule has 0 spiro atoms. The third kappa shape index (κ3) is 17.4. The first-order chi connectivity index (χ1) is 25.6. The lowest BCUT2D eigenvalue weighted by Crippen LogP contribution is -2.50. The fraction of sp³-hybridized carbons (Fsp3) is 0.773. The molecule has 0 amide bonds. The van der Waals surface area contributed by atoms with E-state index < -0.39 is 136 Å². The molecule has 2 aromatic heterocycles. The highest BCUT2D eigenvalue weighted by Gasteiger charge is 2.47. The molecule has 0 bridgehead atoms. The molecule has 330 valence electrons. The largest absolute Gasteiger partial charge is 0.490 e. The molecule has 1 saturated heterocycles. The summed E-state index contributed by atoms with van der Waals surface area (Å²) in [6.07, 6.45) is -5.33. The number of rotatable bonds is 17. The number of hydrogen-bond acceptors (Lipinski definition) is 25. The standard InChI is InChI=1S/C10H16N5O14P3.3C4H11NO3/c11-10-13-7-4(8(18)14-10)12-2-15(7)9-6(17)5(16)3(27-9)1-26-31(22,23)29-32(24,25)28-30(19,20)21;3*5-4(1-6,2-7)3-8/h2-3,5-6,9,16-17H,1H2,(H,22,23)(H,24,25)(H2,19,20,21)(H3,11,13,14,18);3*6-8H,1-3,5H2/t3-,5-,6-,9-;;;/m1.../s1. The monoisotopic (exact) mass is 886 g/mol. The summed E-state index contributed by atoms with van der Waals surface area (Å²) in [6, 6.07) is 0. The second-order valence-electron chi connectivity index (χ2n) is 11.7. The zero-order valence-corrected chi connectivity index (χ0v) is 31.6. The van der Waals surface area contributed by atoms with Crippen LogP contribution in [0.15, 0.2) is 11.1 Å². The quantitative estimate of drug-likeness (QED) is 0.0656. The van der Waals surface area contributed by atoms with E-state index in [4.69, 9.17) is 88.3 Å². The van der Waals surface area contributed by atoms with Gasteiger partial charge in [0.2, 0.25) is 5.95 Å². The Kier molecular flexibility index (Phi) is 22.1. The third-order valence-electron chi connectivity index (χ3n) is 6.71. The number of hydrogen-bond donors (Lipinski definition) is 20. The molecule has 56 heavy (non-hydrogen) atoms. The molecular weight excluding hydrogens is 837 g/mol. The lowest BCUT2D eigenvalue weighted by molar-refractivity contribution is -0.0503. The van der Waals surface area contributed by atoms with Gasteiger partial charge in [-0.15, -0.1) is 0 Å². The van der Waals surface area contributed by atoms with E-state index in [-0.39, 0.29) is 17.1 Å². The van der Waals surface area contributed by atoms with Crippen LogP contribution < -0.4 is 28.5 Å². The van der Waals surface area contributed by atoms with Crippen LogP contribution in [0.1, 0.15) is 6.23 Å². The van der Waals surface area contributed by atoms with Crippen molar-refractivity contribution in [1.29, 1.82) is 0 Å². The number of nitrogens with one attached hydrogen (secondary N) is 1. The van der Waals surface area contributed by atoms with Crippen LogP contribution in [0.2, 0.25) is 0 Å². The van der Waals surface area contributed by atoms with Gasteiger partial charge in [-0.1, -0.05) is 0 Å². The summed E-state index contributed by atoms with van der Waals surface area (Å²) in [7, 11) is -16.8. The summed E-state index contributed by atoms with van der Waals surface area (Å²) in [6.45, 7) is -4.64. The first-order valence-corrected chi connectivity index (χ1v) is 19.5. The van der Waals surface area contributed by atoms with Gasteiger partial charge in [-0.2, -0.15) is 13.6 Å². The number of aromatic amines is 1. The molecule has 31 nitrogen and oxygen atoms in total. The van der Waals surface area contributed by atoms with E-state index in [1.54, 1.807) is 0 Å². The number of aromatic nitrogens is 4. The number of anilines is 1. The van der Waals surface area contributed by atoms with Gasteiger partial charge in [-0.05, 0) is 0 Å². The molecule has 24 N–H and O–H groups in total. The normalized spacial score (nSPS) is 21.1. The number of phosphoric ester groups is 1. The van der Waals surface area contributed by atoms with Crippen LogP contribution in [0.4, 0.5) is 5.95 Å². The zero-order valence-electron chi connectivity index (χ0n) is 28.9. The minimum atomic E-state index is -5.73. The van der Waals surface area contributed by atoms with Gasteiger partial charge < -0.3 is 103 Å². The molecule has 1 aliphatic heterocycles. The van der Waals surface area contributed by atoms with Gasteiger partial charge >= 0.3 is 23.5 Å². The lowest BCUT2D eigenvalue weighted by Gasteiger charge is -2.20. The minimum absolute atomic E-state index is 0.115. The van der Waals surface area contributed by atoms with Crippen LogP contribution in [-0.4, -0.2) is 196 Å². The van der Waals surface area contributed by atoms with Crippen molar-refractivity contribution >= 4 is 40.6 Å². The lowest BCUT2D eigenvalue weighted by atomic mass is 10.1. The Hall–Kier alpha value is -2.04. The van der Waals surface area contributed by atoms with Crippen molar-refractivity contribution in [3.63, 3.8) is 0 Å². The second kappa shape index (κ2) is 22.9. The average Bonchev–Trinajstić information content (AvgIpc) is 3.68. The van der Waals surface area contributed by atoms with Crippen molar-refractivity contribution in [3.05, 3.63) is 16.7 Å². The Balaban J connectivity index is 0.00000102. The van der Waals surface area contributed by atoms with E-state index in [2.05, 4.69) is 28.1 Å². The highest BCUT2D eigenvalue weighted by molar-refractivity contribution is 7.66. The maximum Gasteiger partial charge on any atom is 0.490 e. The van der Waals surface area contributed by atoms with Crippen LogP contribution in [0.25, 0.3) is 11.2 Å². The summed E-state index contributed by atoms with van der Waals surface area (Å²) in [5.74, 6) is -0.276. The van der Waals surface area contributed by atoms with Crippen LogP contribution >= 0.6 is 23.5 Å². The first kappa shape index (κ1) is 54.0. The van der Waals surface area contributed by atoms with Crippen molar-refractivity contribution in [3.8, 4) is 0 Å². The van der Waals surface area contributed by atoms with E-state index in [1.165, 1.54) is 0 Å². The molecule has 34 heteroatoms. The number of aliphatic hydroxyl groups excluding tert-OH is 11. The number of ether oxygens (including phenoxy) is 1. The number of nitrogen functional groups attached to an aromatic ring is 1. The number of fused-ring (bicyclic) bond motifs is 1. The smallest absolute Gasteiger partial charge is 0.394 e. The summed E-state index contributed by atoms with van der Waals surface area (Å²) in [4.78, 5) is 57.3. The van der Waals surface area contributed by atoms with Gasteiger partial charge in [0.05, 0.1) is 89.0 Å². The van der Waals surface area contributed by atoms with Crippen molar-refractivity contribution in [2.75, 3.05) is 71.8 Å². The average molecular weight is 887 g/mol. The van der Waals surface area contributed by atoms with E-state index in [0.717, 1.165) is 10.9 Å². The number of nitrogens with two attached hydrogens (primary N) is 4. The topological polar surface area (TPSA) is 559 Å². The highest BCUT2D eigenvalue weighted by Crippen LogP contribution is 2.66. The molecule has 1 aliphatic rings. The molecule has 0 radical (unpaired) electrons. The molecule has 1 fully saturated rings. The van der Waals surface area contributed by atoms with Crippen molar-refractivity contribution in [2.24, 2.45) is 17.2 Å². The third-order valence-corrected chi connectivity index (χ3v) is 10.5. The minimum Gasteiger partial charge on any atom is -0.394 e. The van der Waals surface area contributed by atoms with Gasteiger partial charge in [-0.25, -0.2) is 18.7 Å². The van der Waals surface area contributed by atoms with Gasteiger partial charge in [-0.3, -0.25) is 18.9 Å². The second-order valence-corrected chi connectivity index (χ2v) is 16.1. The fourth-order valence-corrected chi connectivity index (χ4v) is 6.18. The van der Waals surface area contributed by atoms with E-state index in [1.807, 2.05) is 0 Å². The first-order valence-electron chi connectivity index (χ1n) is 15.0. The van der Waals surface area contributed by atoms with Gasteiger partial charge in [0.1, 0.15) is 18.3 Å². The van der Waals surface area contributed by atoms with Crippen molar-refractivity contribution in [2.45, 2.75) is 41.2 Å². The molecule has 0 aromatic carbocycles. The van der Waals surface area contributed by atoms with E-state index >= 15 is 0 Å². The van der Waals surface area contributed by atoms with Crippen LogP contribution in [0, 0.1) is 0 Å². The molecule has 2 aromatic rings. The predicted octanol–water partition coefficient (Wildman–Crippen LogP) is -9.35. The van der Waals surface area contributed by atoms with Crippen LogP contribution in [0.5, 0.6) is 0 Å². The Bertz CT molecular complexity index is 1600. The fourth-order valence-electron chi connectivity index (χ4n) is 3.15. The van der Waals surface area contributed by atoms with Crippen LogP contribution in [0.3, 0.4) is 0 Å². The molecule has 3 heterocycles. The molecule has 0 aliphatic carbocycles. The maximum absolute atomic E-state index is 11.9. The molecule has 2 unspecified atom stereocenters. The molecule has 6 atom stereocenters. The predicted molar refractivity (Wildman–Crippen MR) is 183 cm³/mol. The Labute approximate surface area is 314 Å². The van der Waals surface area contributed by atoms with Crippen molar-refractivity contribution in [1.82, 2.24) is 19.5 Å². The summed E-state index contributed by atoms with van der Waals surface area (Å²) in [5, 5.41) is 95.5. The van der Waals surface area contributed by atoms with E-state index in [9.17, 15) is 33.6 Å². The number of H-pyrrole nitrogens is 1. The van der Waals surface area contributed by atoms with E-state index in [0.29, 0.717) is 0 Å². The van der Waals surface area contributed by atoms with Crippen LogP contribution in [-0.2, 0) is 31.6 Å². The number of imidazole rings is 1. The van der Waals surface area contributed by atoms with Gasteiger partial charge in [0.15, 0.2) is 17.4 Å². The summed E-state index contributed by atoms with van der Waals surface area (Å²) in [5.41, 5.74) is 16.3. The molecule has 3 rings (SSSR count). The van der Waals surface area contributed by atoms with Gasteiger partial charge in [0, 0.05) is 0 Å². The maximum atomic E-state index is 11.9. The number of nitrogens with zero attached hydrogens (tertiary/aromatic N) is 3. The van der Waals surface area contributed by atoms with Gasteiger partial charge in [0.25, 0.3) is 5.56 Å². The zero-order chi connectivity index (χ0) is 43.9. The highest BCUT2D eigenvalue weighted by atomic mass is 31.3. The number of aliphatic hydroxyl groups is 11. The molecular formula is C22H49N8O23P3. The van der Waals surface area contributed by atoms with Crippen molar-refractivity contribution < 1.29 is 107 Å². The summed E-state index contributed by atoms with van der Waals surface area (Å²) < 4.78 is 51.6. The SMILES string of the molecule is NC(CO)(CO)CO.NC(CO)(CO)CO.NC(CO)(CO)CO.Nc1nc2c(ncn2[C@@H]2O[C@H](COP(=O)(O)OP(=O)(O)OP(=O)(O)O)[C@@H](O)[C@H]2O)c(=O)[nH]1. The Morgan fingerprint density at radius 2 is 1.14 bits per heavy atom. The summed E-state index contributed by atoms with van der Waals surface area (Å²) >= 11 is 0.